The lowest BCUT2D eigenvalue weighted by Crippen LogP contribution is -2.46. The number of fused-ring (bicyclic) bond motifs is 1. The SMILES string of the molecule is O[C@H]1CCCC[C@@H]1N1CCCOc2ccccc21. The summed E-state index contributed by atoms with van der Waals surface area (Å²) in [5.74, 6) is 0.966. The van der Waals surface area contributed by atoms with Crippen LogP contribution in [0.3, 0.4) is 0 Å². The van der Waals surface area contributed by atoms with Crippen molar-refractivity contribution in [2.75, 3.05) is 18.1 Å². The van der Waals surface area contributed by atoms with Crippen molar-refractivity contribution in [3.8, 4) is 5.75 Å². The van der Waals surface area contributed by atoms with Gasteiger partial charge in [0.1, 0.15) is 5.75 Å². The minimum Gasteiger partial charge on any atom is -0.491 e. The number of hydrogen-bond acceptors (Lipinski definition) is 3. The zero-order valence-corrected chi connectivity index (χ0v) is 10.7. The maximum atomic E-state index is 10.3. The van der Waals surface area contributed by atoms with E-state index in [2.05, 4.69) is 17.0 Å². The standard InChI is InChI=1S/C15H21NO2/c17-14-8-3-1-6-12(14)16-10-5-11-18-15-9-4-2-7-13(15)16/h2,4,7,9,12,14,17H,1,3,5-6,8,10-11H2/t12-,14-/m0/s1. The van der Waals surface area contributed by atoms with Gasteiger partial charge in [-0.1, -0.05) is 25.0 Å². The van der Waals surface area contributed by atoms with Crippen molar-refractivity contribution in [2.24, 2.45) is 0 Å². The van der Waals surface area contributed by atoms with Gasteiger partial charge >= 0.3 is 0 Å². The summed E-state index contributed by atoms with van der Waals surface area (Å²) < 4.78 is 5.78. The highest BCUT2D eigenvalue weighted by Crippen LogP contribution is 2.35. The van der Waals surface area contributed by atoms with Crippen LogP contribution < -0.4 is 9.64 Å². The van der Waals surface area contributed by atoms with E-state index in [9.17, 15) is 5.11 Å². The molecule has 98 valence electrons. The van der Waals surface area contributed by atoms with Crippen LogP contribution in [-0.2, 0) is 0 Å². The summed E-state index contributed by atoms with van der Waals surface area (Å²) in [7, 11) is 0. The van der Waals surface area contributed by atoms with Gasteiger partial charge in [0.05, 0.1) is 24.4 Å². The zero-order valence-electron chi connectivity index (χ0n) is 10.7. The third-order valence-electron chi connectivity index (χ3n) is 4.07. The number of anilines is 1. The first-order chi connectivity index (χ1) is 8.86. The molecule has 3 nitrogen and oxygen atoms in total. The molecule has 2 aliphatic rings. The number of para-hydroxylation sites is 2. The summed E-state index contributed by atoms with van der Waals surface area (Å²) in [6, 6.07) is 8.47. The molecule has 0 spiro atoms. The number of hydrogen-bond donors (Lipinski definition) is 1. The van der Waals surface area contributed by atoms with E-state index in [1.807, 2.05) is 12.1 Å². The van der Waals surface area contributed by atoms with E-state index in [0.717, 1.165) is 50.3 Å². The van der Waals surface area contributed by atoms with Gasteiger partial charge in [-0.05, 0) is 31.4 Å². The van der Waals surface area contributed by atoms with Crippen LogP contribution >= 0.6 is 0 Å². The Kier molecular flexibility index (Phi) is 3.41. The van der Waals surface area contributed by atoms with Crippen LogP contribution in [0.2, 0.25) is 0 Å². The summed E-state index contributed by atoms with van der Waals surface area (Å²) in [6.45, 7) is 1.76. The van der Waals surface area contributed by atoms with E-state index in [0.29, 0.717) is 0 Å². The van der Waals surface area contributed by atoms with Gasteiger partial charge in [-0.2, -0.15) is 0 Å². The predicted molar refractivity (Wildman–Crippen MR) is 72.2 cm³/mol. The number of rotatable bonds is 1. The quantitative estimate of drug-likeness (QED) is 0.828. The highest BCUT2D eigenvalue weighted by Gasteiger charge is 2.30. The Morgan fingerprint density at radius 3 is 2.83 bits per heavy atom. The van der Waals surface area contributed by atoms with Crippen LogP contribution in [-0.4, -0.2) is 30.4 Å². The molecule has 1 aliphatic heterocycles. The first-order valence-corrected chi connectivity index (χ1v) is 7.03. The maximum absolute atomic E-state index is 10.3. The fourth-order valence-electron chi connectivity index (χ4n) is 3.15. The Morgan fingerprint density at radius 2 is 1.94 bits per heavy atom. The van der Waals surface area contributed by atoms with E-state index in [-0.39, 0.29) is 12.1 Å². The van der Waals surface area contributed by atoms with Crippen LogP contribution in [0.15, 0.2) is 24.3 Å². The van der Waals surface area contributed by atoms with Gasteiger partial charge in [0.15, 0.2) is 0 Å². The fourth-order valence-corrected chi connectivity index (χ4v) is 3.15. The minimum absolute atomic E-state index is 0.190. The minimum atomic E-state index is -0.190. The molecule has 0 amide bonds. The third-order valence-corrected chi connectivity index (χ3v) is 4.07. The molecule has 2 atom stereocenters. The molecule has 0 aromatic heterocycles. The van der Waals surface area contributed by atoms with Gasteiger partial charge in [-0.3, -0.25) is 0 Å². The molecule has 3 heteroatoms. The lowest BCUT2D eigenvalue weighted by molar-refractivity contribution is 0.104. The summed E-state index contributed by atoms with van der Waals surface area (Å²) in [5, 5.41) is 10.3. The van der Waals surface area contributed by atoms with Crippen molar-refractivity contribution < 1.29 is 9.84 Å². The highest BCUT2D eigenvalue weighted by atomic mass is 16.5. The smallest absolute Gasteiger partial charge is 0.142 e. The number of aliphatic hydroxyl groups is 1. The lowest BCUT2D eigenvalue weighted by atomic mass is 9.91. The molecular formula is C15H21NO2. The summed E-state index contributed by atoms with van der Waals surface area (Å²) >= 11 is 0. The molecule has 0 bridgehead atoms. The van der Waals surface area contributed by atoms with E-state index in [1.165, 1.54) is 6.42 Å². The molecular weight excluding hydrogens is 226 g/mol. The first kappa shape index (κ1) is 11.8. The Balaban J connectivity index is 1.91. The topological polar surface area (TPSA) is 32.7 Å². The van der Waals surface area contributed by atoms with Crippen LogP contribution in [0.25, 0.3) is 0 Å². The largest absolute Gasteiger partial charge is 0.491 e. The monoisotopic (exact) mass is 247 g/mol. The van der Waals surface area contributed by atoms with Crippen LogP contribution in [0.1, 0.15) is 32.1 Å². The van der Waals surface area contributed by atoms with Crippen molar-refractivity contribution in [1.29, 1.82) is 0 Å². The predicted octanol–water partition coefficient (Wildman–Crippen LogP) is 2.58. The molecule has 0 unspecified atom stereocenters. The molecule has 1 N–H and O–H groups in total. The van der Waals surface area contributed by atoms with Crippen molar-refractivity contribution >= 4 is 5.69 Å². The Hall–Kier alpha value is -1.22. The average Bonchev–Trinajstić information content (AvgIpc) is 2.62. The molecule has 1 fully saturated rings. The molecule has 0 saturated heterocycles. The van der Waals surface area contributed by atoms with E-state index in [1.54, 1.807) is 0 Å². The Morgan fingerprint density at radius 1 is 1.11 bits per heavy atom. The second-order valence-corrected chi connectivity index (χ2v) is 5.28. The first-order valence-electron chi connectivity index (χ1n) is 7.03. The van der Waals surface area contributed by atoms with Crippen LogP contribution in [0, 0.1) is 0 Å². The van der Waals surface area contributed by atoms with Gasteiger partial charge < -0.3 is 14.7 Å². The van der Waals surface area contributed by atoms with Gasteiger partial charge in [-0.25, -0.2) is 0 Å². The molecule has 18 heavy (non-hydrogen) atoms. The number of aliphatic hydroxyl groups excluding tert-OH is 1. The highest BCUT2D eigenvalue weighted by molar-refractivity contribution is 5.59. The Labute approximate surface area is 108 Å². The average molecular weight is 247 g/mol. The summed E-state index contributed by atoms with van der Waals surface area (Å²) in [6.07, 6.45) is 5.24. The molecule has 1 saturated carbocycles. The van der Waals surface area contributed by atoms with Crippen molar-refractivity contribution in [3.63, 3.8) is 0 Å². The van der Waals surface area contributed by atoms with Gasteiger partial charge in [0, 0.05) is 6.54 Å². The number of nitrogens with zero attached hydrogens (tertiary/aromatic N) is 1. The van der Waals surface area contributed by atoms with Gasteiger partial charge in [0.2, 0.25) is 0 Å². The molecule has 3 rings (SSSR count). The van der Waals surface area contributed by atoms with Gasteiger partial charge in [0.25, 0.3) is 0 Å². The molecule has 1 aromatic rings. The summed E-state index contributed by atoms with van der Waals surface area (Å²) in [5.41, 5.74) is 1.15. The molecule has 0 radical (unpaired) electrons. The van der Waals surface area contributed by atoms with Crippen LogP contribution in [0.5, 0.6) is 5.75 Å². The summed E-state index contributed by atoms with van der Waals surface area (Å²) in [4.78, 5) is 2.37. The molecule has 1 heterocycles. The molecule has 1 aliphatic carbocycles. The van der Waals surface area contributed by atoms with E-state index >= 15 is 0 Å². The second-order valence-electron chi connectivity index (χ2n) is 5.28. The maximum Gasteiger partial charge on any atom is 0.142 e. The van der Waals surface area contributed by atoms with Crippen LogP contribution in [0.4, 0.5) is 5.69 Å². The van der Waals surface area contributed by atoms with E-state index < -0.39 is 0 Å². The van der Waals surface area contributed by atoms with Crippen molar-refractivity contribution in [2.45, 2.75) is 44.2 Å². The number of benzene rings is 1. The Bertz CT molecular complexity index is 407. The fraction of sp³-hybridized carbons (Fsp3) is 0.600. The number of ether oxygens (including phenoxy) is 1. The van der Waals surface area contributed by atoms with Crippen molar-refractivity contribution in [1.82, 2.24) is 0 Å². The zero-order chi connectivity index (χ0) is 12.4. The normalized spacial score (nSPS) is 28.2. The molecule has 1 aromatic carbocycles. The van der Waals surface area contributed by atoms with Crippen molar-refractivity contribution in [3.05, 3.63) is 24.3 Å². The lowest BCUT2D eigenvalue weighted by Gasteiger charge is -2.38. The second kappa shape index (κ2) is 5.19. The van der Waals surface area contributed by atoms with E-state index in [4.69, 9.17) is 4.74 Å². The third kappa shape index (κ3) is 2.19. The van der Waals surface area contributed by atoms with Gasteiger partial charge in [-0.15, -0.1) is 0 Å².